The van der Waals surface area contributed by atoms with Gasteiger partial charge in [-0.05, 0) is 12.3 Å². The lowest BCUT2D eigenvalue weighted by Gasteiger charge is -2.07. The fourth-order valence-electron chi connectivity index (χ4n) is 0.721. The first-order chi connectivity index (χ1) is 6.06. The summed E-state index contributed by atoms with van der Waals surface area (Å²) in [5.41, 5.74) is 0. The van der Waals surface area contributed by atoms with Crippen molar-refractivity contribution in [3.63, 3.8) is 0 Å². The van der Waals surface area contributed by atoms with Crippen molar-refractivity contribution >= 4 is 17.0 Å². The first kappa shape index (κ1) is 12.6. The van der Waals surface area contributed by atoms with Gasteiger partial charge in [-0.2, -0.15) is 0 Å². The highest BCUT2D eigenvalue weighted by Crippen LogP contribution is 2.05. The summed E-state index contributed by atoms with van der Waals surface area (Å²) >= 11 is -2.09. The number of ether oxygens (including phenoxy) is 1. The molecule has 0 aliphatic heterocycles. The maximum Gasteiger partial charge on any atom is 0.320 e. The van der Waals surface area contributed by atoms with Crippen molar-refractivity contribution < 1.29 is 18.3 Å². The Morgan fingerprint density at radius 3 is 2.69 bits per heavy atom. The van der Waals surface area contributed by atoms with Gasteiger partial charge < -0.3 is 9.29 Å². The van der Waals surface area contributed by atoms with Gasteiger partial charge in [-0.25, -0.2) is 4.21 Å². The molecule has 0 aliphatic rings. The van der Waals surface area contributed by atoms with Crippen LogP contribution in [0, 0.1) is 5.92 Å². The highest BCUT2D eigenvalue weighted by Gasteiger charge is 2.07. The van der Waals surface area contributed by atoms with E-state index in [9.17, 15) is 9.00 Å². The van der Waals surface area contributed by atoms with Crippen molar-refractivity contribution in [2.24, 2.45) is 5.92 Å². The van der Waals surface area contributed by atoms with Crippen LogP contribution in [0.1, 0.15) is 26.7 Å². The van der Waals surface area contributed by atoms with Crippen LogP contribution in [0.25, 0.3) is 0 Å². The van der Waals surface area contributed by atoms with Crippen LogP contribution in [0.3, 0.4) is 0 Å². The molecular formula is C8H16O4S. The SMILES string of the molecule is CCC(C)CCOC(=O)CS(=O)O. The zero-order valence-corrected chi connectivity index (χ0v) is 8.80. The minimum absolute atomic E-state index is 0.338. The Labute approximate surface area is 80.9 Å². The van der Waals surface area contributed by atoms with Crippen LogP contribution in [0.4, 0.5) is 0 Å². The maximum absolute atomic E-state index is 10.7. The van der Waals surface area contributed by atoms with Gasteiger partial charge in [-0.15, -0.1) is 0 Å². The third-order valence-electron chi connectivity index (χ3n) is 1.81. The van der Waals surface area contributed by atoms with Gasteiger partial charge in [0.25, 0.3) is 0 Å². The van der Waals surface area contributed by atoms with Gasteiger partial charge in [-0.3, -0.25) is 4.79 Å². The molecule has 0 amide bonds. The summed E-state index contributed by atoms with van der Waals surface area (Å²) in [6.07, 6.45) is 1.85. The van der Waals surface area contributed by atoms with Gasteiger partial charge in [0, 0.05) is 0 Å². The second-order valence-corrected chi connectivity index (χ2v) is 3.92. The molecule has 4 nitrogen and oxygen atoms in total. The molecule has 5 heteroatoms. The minimum atomic E-state index is -2.09. The van der Waals surface area contributed by atoms with E-state index in [1.807, 2.05) is 0 Å². The molecular weight excluding hydrogens is 192 g/mol. The predicted octanol–water partition coefficient (Wildman–Crippen LogP) is 1.19. The Bertz CT molecular complexity index is 181. The Kier molecular flexibility index (Phi) is 6.80. The summed E-state index contributed by atoms with van der Waals surface area (Å²) in [5, 5.41) is 0. The molecule has 0 aromatic heterocycles. The van der Waals surface area contributed by atoms with Crippen LogP contribution in [-0.4, -0.2) is 27.1 Å². The Hall–Kier alpha value is -0.420. The number of carbonyl (C=O) groups is 1. The second-order valence-electron chi connectivity index (χ2n) is 2.99. The largest absolute Gasteiger partial charge is 0.465 e. The van der Waals surface area contributed by atoms with Crippen LogP contribution in [0.2, 0.25) is 0 Å². The molecule has 0 aromatic carbocycles. The smallest absolute Gasteiger partial charge is 0.320 e. The first-order valence-corrected chi connectivity index (χ1v) is 5.57. The van der Waals surface area contributed by atoms with Crippen molar-refractivity contribution in [2.75, 3.05) is 12.4 Å². The fraction of sp³-hybridized carbons (Fsp3) is 0.875. The molecule has 0 radical (unpaired) electrons. The molecule has 2 unspecified atom stereocenters. The van der Waals surface area contributed by atoms with Gasteiger partial charge in [0.2, 0.25) is 0 Å². The van der Waals surface area contributed by atoms with Crippen LogP contribution < -0.4 is 0 Å². The standard InChI is InChI=1S/C8H16O4S/c1-3-7(2)4-5-12-8(9)6-13(10)11/h7H,3-6H2,1-2H3,(H,10,11). The molecule has 1 N–H and O–H groups in total. The third kappa shape index (κ3) is 7.93. The Morgan fingerprint density at radius 2 is 2.23 bits per heavy atom. The van der Waals surface area contributed by atoms with Crippen molar-refractivity contribution in [3.05, 3.63) is 0 Å². The molecule has 0 aliphatic carbocycles. The van der Waals surface area contributed by atoms with E-state index in [0.717, 1.165) is 12.8 Å². The molecule has 13 heavy (non-hydrogen) atoms. The average molecular weight is 208 g/mol. The number of hydrogen-bond donors (Lipinski definition) is 1. The molecule has 0 saturated carbocycles. The fourth-order valence-corrected chi connectivity index (χ4v) is 1.01. The van der Waals surface area contributed by atoms with Gasteiger partial charge in [0.1, 0.15) is 5.75 Å². The Morgan fingerprint density at radius 1 is 1.62 bits per heavy atom. The van der Waals surface area contributed by atoms with E-state index in [1.54, 1.807) is 0 Å². The zero-order chi connectivity index (χ0) is 10.3. The van der Waals surface area contributed by atoms with Gasteiger partial charge in [0.15, 0.2) is 11.1 Å². The lowest BCUT2D eigenvalue weighted by molar-refractivity contribution is -0.140. The van der Waals surface area contributed by atoms with Crippen molar-refractivity contribution in [1.29, 1.82) is 0 Å². The number of esters is 1. The van der Waals surface area contributed by atoms with Crippen LogP contribution >= 0.6 is 0 Å². The lowest BCUT2D eigenvalue weighted by atomic mass is 10.1. The normalized spacial score (nSPS) is 15.0. The van der Waals surface area contributed by atoms with E-state index in [4.69, 9.17) is 9.29 Å². The van der Waals surface area contributed by atoms with Crippen molar-refractivity contribution in [1.82, 2.24) is 0 Å². The van der Waals surface area contributed by atoms with Gasteiger partial charge in [0.05, 0.1) is 6.61 Å². The van der Waals surface area contributed by atoms with Gasteiger partial charge in [-0.1, -0.05) is 20.3 Å². The molecule has 0 bridgehead atoms. The van der Waals surface area contributed by atoms with Crippen molar-refractivity contribution in [3.8, 4) is 0 Å². The summed E-state index contributed by atoms with van der Waals surface area (Å²) in [4.78, 5) is 10.7. The molecule has 0 saturated heterocycles. The summed E-state index contributed by atoms with van der Waals surface area (Å²) in [6.45, 7) is 4.47. The summed E-state index contributed by atoms with van der Waals surface area (Å²) < 4.78 is 23.3. The average Bonchev–Trinajstić information content (AvgIpc) is 2.02. The molecule has 78 valence electrons. The highest BCUT2D eigenvalue weighted by molar-refractivity contribution is 7.80. The molecule has 0 rings (SSSR count). The number of rotatable bonds is 6. The van der Waals surface area contributed by atoms with E-state index in [1.165, 1.54) is 0 Å². The predicted molar refractivity (Wildman–Crippen MR) is 50.7 cm³/mol. The van der Waals surface area contributed by atoms with Crippen LogP contribution in [0.15, 0.2) is 0 Å². The van der Waals surface area contributed by atoms with E-state index in [-0.39, 0.29) is 0 Å². The molecule has 0 heterocycles. The minimum Gasteiger partial charge on any atom is -0.465 e. The lowest BCUT2D eigenvalue weighted by Crippen LogP contribution is -2.15. The third-order valence-corrected chi connectivity index (χ3v) is 2.29. The van der Waals surface area contributed by atoms with E-state index in [2.05, 4.69) is 13.8 Å². The topological polar surface area (TPSA) is 63.6 Å². The number of hydrogen-bond acceptors (Lipinski definition) is 3. The van der Waals surface area contributed by atoms with Crippen LogP contribution in [-0.2, 0) is 20.6 Å². The zero-order valence-electron chi connectivity index (χ0n) is 7.99. The maximum atomic E-state index is 10.7. The van der Waals surface area contributed by atoms with E-state index in [0.29, 0.717) is 12.5 Å². The second kappa shape index (κ2) is 7.03. The monoisotopic (exact) mass is 208 g/mol. The van der Waals surface area contributed by atoms with E-state index >= 15 is 0 Å². The van der Waals surface area contributed by atoms with Gasteiger partial charge >= 0.3 is 5.97 Å². The highest BCUT2D eigenvalue weighted by atomic mass is 32.2. The quantitative estimate of drug-likeness (QED) is 0.526. The van der Waals surface area contributed by atoms with Crippen LogP contribution in [0.5, 0.6) is 0 Å². The summed E-state index contributed by atoms with van der Waals surface area (Å²) in [7, 11) is 0. The molecule has 0 spiro atoms. The van der Waals surface area contributed by atoms with Crippen molar-refractivity contribution in [2.45, 2.75) is 26.7 Å². The summed E-state index contributed by atoms with van der Waals surface area (Å²) in [6, 6.07) is 0. The molecule has 2 atom stereocenters. The molecule has 0 aromatic rings. The first-order valence-electron chi connectivity index (χ1n) is 4.29. The summed E-state index contributed by atoms with van der Waals surface area (Å²) in [5.74, 6) is -0.517. The van der Waals surface area contributed by atoms with E-state index < -0.39 is 22.8 Å². The number of carbonyl (C=O) groups excluding carboxylic acids is 1. The Balaban J connectivity index is 3.42. The molecule has 0 fully saturated rings.